The van der Waals surface area contributed by atoms with Gasteiger partial charge in [-0.3, -0.25) is 0 Å². The second-order valence-corrected chi connectivity index (χ2v) is 6.76. The van der Waals surface area contributed by atoms with Crippen LogP contribution in [0, 0.1) is 0 Å². The van der Waals surface area contributed by atoms with Crippen molar-refractivity contribution in [3.05, 3.63) is 23.3 Å². The van der Waals surface area contributed by atoms with Gasteiger partial charge in [0, 0.05) is 6.26 Å². The van der Waals surface area contributed by atoms with Crippen LogP contribution in [0.4, 0.5) is 0 Å². The molecule has 21 heavy (non-hydrogen) atoms. The molecule has 0 spiro atoms. The van der Waals surface area contributed by atoms with Gasteiger partial charge >= 0.3 is 5.97 Å². The molecule has 0 saturated carbocycles. The summed E-state index contributed by atoms with van der Waals surface area (Å²) in [4.78, 5) is 11.8. The summed E-state index contributed by atoms with van der Waals surface area (Å²) in [6.45, 7) is 4.36. The smallest absolute Gasteiger partial charge is 0.338 e. The summed E-state index contributed by atoms with van der Waals surface area (Å²) in [7, 11) is -2.22. The Morgan fingerprint density at radius 2 is 1.90 bits per heavy atom. The summed E-state index contributed by atoms with van der Waals surface area (Å²) >= 11 is 0. The third-order valence-electron chi connectivity index (χ3n) is 3.11. The first-order chi connectivity index (χ1) is 9.85. The van der Waals surface area contributed by atoms with Gasteiger partial charge in [-0.25, -0.2) is 13.2 Å². The Labute approximate surface area is 126 Å². The number of esters is 1. The highest BCUT2D eigenvalue weighted by Crippen LogP contribution is 2.29. The van der Waals surface area contributed by atoms with E-state index in [2.05, 4.69) is 0 Å². The first-order valence-electron chi connectivity index (χ1n) is 6.93. The molecular formula is C15H22O5S. The predicted octanol–water partition coefficient (Wildman–Crippen LogP) is 2.62. The lowest BCUT2D eigenvalue weighted by atomic mass is 10.0. The highest BCUT2D eigenvalue weighted by Gasteiger charge is 2.21. The Morgan fingerprint density at radius 3 is 2.38 bits per heavy atom. The Kier molecular flexibility index (Phi) is 6.20. The first-order valence-corrected chi connectivity index (χ1v) is 8.82. The van der Waals surface area contributed by atoms with E-state index in [9.17, 15) is 13.2 Å². The van der Waals surface area contributed by atoms with E-state index >= 15 is 0 Å². The molecule has 1 rings (SSSR count). The topological polar surface area (TPSA) is 69.7 Å². The monoisotopic (exact) mass is 314 g/mol. The fraction of sp³-hybridized carbons (Fsp3) is 0.533. The maximum atomic E-state index is 11.9. The average molecular weight is 314 g/mol. The third-order valence-corrected chi connectivity index (χ3v) is 4.23. The van der Waals surface area contributed by atoms with Crippen LogP contribution in [-0.4, -0.2) is 34.4 Å². The van der Waals surface area contributed by atoms with Gasteiger partial charge in [0.25, 0.3) is 0 Å². The van der Waals surface area contributed by atoms with Crippen molar-refractivity contribution in [2.75, 3.05) is 20.0 Å². The second kappa shape index (κ2) is 7.45. The van der Waals surface area contributed by atoms with Gasteiger partial charge < -0.3 is 9.47 Å². The molecule has 0 fully saturated rings. The van der Waals surface area contributed by atoms with E-state index in [1.807, 2.05) is 13.8 Å². The van der Waals surface area contributed by atoms with Crippen molar-refractivity contribution in [1.29, 1.82) is 0 Å². The van der Waals surface area contributed by atoms with E-state index in [0.717, 1.165) is 19.1 Å². The molecule has 0 bridgehead atoms. The van der Waals surface area contributed by atoms with Gasteiger partial charge in [-0.15, -0.1) is 0 Å². The van der Waals surface area contributed by atoms with Gasteiger partial charge in [-0.2, -0.15) is 0 Å². The first kappa shape index (κ1) is 17.5. The Bertz CT molecular complexity index is 605. The number of hydrogen-bond acceptors (Lipinski definition) is 5. The quantitative estimate of drug-likeness (QED) is 0.571. The molecule has 0 unspecified atom stereocenters. The summed E-state index contributed by atoms with van der Waals surface area (Å²) in [6, 6.07) is 2.97. The molecule has 6 heteroatoms. The maximum absolute atomic E-state index is 11.9. The maximum Gasteiger partial charge on any atom is 0.338 e. The zero-order chi connectivity index (χ0) is 16.0. The van der Waals surface area contributed by atoms with E-state index in [4.69, 9.17) is 9.47 Å². The molecule has 0 atom stereocenters. The molecule has 0 saturated heterocycles. The lowest BCUT2D eigenvalue weighted by Gasteiger charge is -2.14. The number of carbonyl (C=O) groups excluding carboxylic acids is 1. The van der Waals surface area contributed by atoms with Gasteiger partial charge in [0.1, 0.15) is 10.6 Å². The fourth-order valence-electron chi connectivity index (χ4n) is 1.92. The molecule has 0 radical (unpaired) electrons. The summed E-state index contributed by atoms with van der Waals surface area (Å²) in [5.74, 6) is -0.243. The average Bonchev–Trinajstić information content (AvgIpc) is 2.44. The van der Waals surface area contributed by atoms with Gasteiger partial charge in [-0.05, 0) is 30.5 Å². The minimum atomic E-state index is -3.49. The molecule has 0 heterocycles. The summed E-state index contributed by atoms with van der Waals surface area (Å²) in [5, 5.41) is 0. The molecule has 0 aromatic heterocycles. The van der Waals surface area contributed by atoms with Crippen molar-refractivity contribution in [1.82, 2.24) is 0 Å². The number of carbonyl (C=O) groups is 1. The lowest BCUT2D eigenvalue weighted by Crippen LogP contribution is -2.11. The number of benzene rings is 1. The number of hydrogen-bond donors (Lipinski definition) is 0. The van der Waals surface area contributed by atoms with Crippen molar-refractivity contribution in [3.8, 4) is 5.75 Å². The molecular weight excluding hydrogens is 292 g/mol. The predicted molar refractivity (Wildman–Crippen MR) is 80.7 cm³/mol. The van der Waals surface area contributed by atoms with Crippen LogP contribution in [0.15, 0.2) is 17.0 Å². The molecule has 1 aromatic carbocycles. The second-order valence-electron chi connectivity index (χ2n) is 4.78. The number of rotatable bonds is 7. The van der Waals surface area contributed by atoms with Crippen molar-refractivity contribution < 1.29 is 22.7 Å². The van der Waals surface area contributed by atoms with Crippen LogP contribution in [0.1, 0.15) is 42.6 Å². The third kappa shape index (κ3) is 4.46. The minimum absolute atomic E-state index is 0.0243. The van der Waals surface area contributed by atoms with E-state index < -0.39 is 15.8 Å². The van der Waals surface area contributed by atoms with Crippen molar-refractivity contribution in [2.45, 2.75) is 38.0 Å². The summed E-state index contributed by atoms with van der Waals surface area (Å²) in [6.07, 6.45) is 3.47. The van der Waals surface area contributed by atoms with Crippen LogP contribution in [0.2, 0.25) is 0 Å². The fourth-order valence-corrected chi connectivity index (χ4v) is 2.74. The van der Waals surface area contributed by atoms with E-state index in [1.165, 1.54) is 13.2 Å². The van der Waals surface area contributed by atoms with Gasteiger partial charge in [-0.1, -0.05) is 20.3 Å². The van der Waals surface area contributed by atoms with E-state index in [0.29, 0.717) is 24.3 Å². The van der Waals surface area contributed by atoms with Crippen molar-refractivity contribution in [2.24, 2.45) is 0 Å². The molecule has 0 amide bonds. The molecule has 1 aromatic rings. The van der Waals surface area contributed by atoms with Crippen LogP contribution < -0.4 is 4.74 Å². The highest BCUT2D eigenvalue weighted by molar-refractivity contribution is 7.90. The Morgan fingerprint density at radius 1 is 1.24 bits per heavy atom. The van der Waals surface area contributed by atoms with Gasteiger partial charge in [0.15, 0.2) is 9.84 Å². The molecule has 0 aliphatic heterocycles. The number of methoxy groups -OCH3 is 1. The van der Waals surface area contributed by atoms with Crippen LogP contribution >= 0.6 is 0 Å². The normalized spacial score (nSPS) is 11.2. The molecule has 118 valence electrons. The van der Waals surface area contributed by atoms with Crippen LogP contribution in [0.3, 0.4) is 0 Å². The zero-order valence-corrected chi connectivity index (χ0v) is 13.7. The number of unbranched alkanes of at least 4 members (excludes halogenated alkanes) is 1. The van der Waals surface area contributed by atoms with Gasteiger partial charge in [0.2, 0.25) is 0 Å². The van der Waals surface area contributed by atoms with E-state index in [-0.39, 0.29) is 10.5 Å². The van der Waals surface area contributed by atoms with Crippen LogP contribution in [0.25, 0.3) is 0 Å². The molecule has 0 aliphatic rings. The number of ether oxygens (including phenoxy) is 2. The standard InChI is InChI=1S/C15H22O5S/c1-5-7-8-20-13-9-11(6-2)12(15(16)19-3)10-14(13)21(4,17)18/h9-10H,5-8H2,1-4H3. The minimum Gasteiger partial charge on any atom is -0.492 e. The highest BCUT2D eigenvalue weighted by atomic mass is 32.2. The SMILES string of the molecule is CCCCOc1cc(CC)c(C(=O)OC)cc1S(C)(=O)=O. The molecule has 0 aliphatic carbocycles. The Balaban J connectivity index is 3.38. The molecule has 5 nitrogen and oxygen atoms in total. The van der Waals surface area contributed by atoms with Crippen LogP contribution in [0.5, 0.6) is 5.75 Å². The lowest BCUT2D eigenvalue weighted by molar-refractivity contribution is 0.0599. The van der Waals surface area contributed by atoms with Crippen molar-refractivity contribution in [3.63, 3.8) is 0 Å². The summed E-state index contributed by atoms with van der Waals surface area (Å²) in [5.41, 5.74) is 0.976. The Hall–Kier alpha value is -1.56. The van der Waals surface area contributed by atoms with Crippen molar-refractivity contribution >= 4 is 15.8 Å². The largest absolute Gasteiger partial charge is 0.492 e. The molecule has 0 N–H and O–H groups in total. The van der Waals surface area contributed by atoms with Crippen LogP contribution in [-0.2, 0) is 21.0 Å². The zero-order valence-electron chi connectivity index (χ0n) is 12.9. The van der Waals surface area contributed by atoms with E-state index in [1.54, 1.807) is 6.07 Å². The summed E-state index contributed by atoms with van der Waals surface area (Å²) < 4.78 is 34.1. The number of aryl methyl sites for hydroxylation is 1. The number of sulfone groups is 1. The van der Waals surface area contributed by atoms with Gasteiger partial charge in [0.05, 0.1) is 19.3 Å².